The molecule has 0 atom stereocenters. The second kappa shape index (κ2) is 9.90. The maximum atomic E-state index is 14.2. The summed E-state index contributed by atoms with van der Waals surface area (Å²) in [5.74, 6) is 0.794. The SMILES string of the molecule is Cn1cnnc1CC1(c2cc(Br)cc(-n3cc4c(C(F)(F)F)cc(CN5CCCCC5)cn4c3=O)c2)COC1. The third-order valence-electron chi connectivity index (χ3n) is 7.82. The standard InChI is InChI=1S/C27H28BrF3N6O2/c1-34-17-32-33-24(34)11-26(15-39-16-26)19-8-20(28)10-21(9-19)36-14-23-22(27(29,30)31)7-18(13-37(23)25(36)38)12-35-5-3-2-4-6-35/h7-10,13-14,17H,2-6,11-12,15-16H2,1H3. The average molecular weight is 605 g/mol. The van der Waals surface area contributed by atoms with Gasteiger partial charge in [0.15, 0.2) is 0 Å². The van der Waals surface area contributed by atoms with E-state index in [0.717, 1.165) is 48.1 Å². The van der Waals surface area contributed by atoms with E-state index in [2.05, 4.69) is 31.0 Å². The van der Waals surface area contributed by atoms with Crippen LogP contribution in [-0.4, -0.2) is 54.9 Å². The van der Waals surface area contributed by atoms with Gasteiger partial charge in [-0.05, 0) is 61.3 Å². The summed E-state index contributed by atoms with van der Waals surface area (Å²) in [6.07, 6.45) is 3.63. The fourth-order valence-corrected chi connectivity index (χ4v) is 6.11. The van der Waals surface area contributed by atoms with Crippen LogP contribution >= 0.6 is 15.9 Å². The van der Waals surface area contributed by atoms with Gasteiger partial charge in [-0.2, -0.15) is 13.2 Å². The van der Waals surface area contributed by atoms with Gasteiger partial charge in [0.25, 0.3) is 0 Å². The second-order valence-electron chi connectivity index (χ2n) is 10.6. The molecule has 12 heteroatoms. The van der Waals surface area contributed by atoms with E-state index in [1.54, 1.807) is 18.6 Å². The van der Waals surface area contributed by atoms with Crippen LogP contribution in [0, 0.1) is 0 Å². The largest absolute Gasteiger partial charge is 0.418 e. The van der Waals surface area contributed by atoms with Crippen LogP contribution in [0.25, 0.3) is 11.2 Å². The van der Waals surface area contributed by atoms with E-state index in [4.69, 9.17) is 4.74 Å². The number of likely N-dealkylation sites (tertiary alicyclic amines) is 1. The van der Waals surface area contributed by atoms with Gasteiger partial charge in [0.1, 0.15) is 12.2 Å². The predicted octanol–water partition coefficient (Wildman–Crippen LogP) is 4.50. The molecule has 0 bridgehead atoms. The molecule has 206 valence electrons. The Morgan fingerprint density at radius 2 is 1.85 bits per heavy atom. The number of hydrogen-bond donors (Lipinski definition) is 0. The minimum Gasteiger partial charge on any atom is -0.379 e. The molecule has 0 unspecified atom stereocenters. The number of aromatic nitrogens is 5. The summed E-state index contributed by atoms with van der Waals surface area (Å²) in [6.45, 7) is 2.98. The van der Waals surface area contributed by atoms with Gasteiger partial charge in [-0.1, -0.05) is 22.4 Å². The summed E-state index contributed by atoms with van der Waals surface area (Å²) >= 11 is 3.55. The van der Waals surface area contributed by atoms with Crippen molar-refractivity contribution >= 4 is 21.4 Å². The molecule has 3 aromatic heterocycles. The Morgan fingerprint density at radius 3 is 2.49 bits per heavy atom. The first-order valence-electron chi connectivity index (χ1n) is 12.9. The van der Waals surface area contributed by atoms with Crippen LogP contribution in [0.3, 0.4) is 0 Å². The van der Waals surface area contributed by atoms with Gasteiger partial charge in [0, 0.05) is 42.3 Å². The van der Waals surface area contributed by atoms with Crippen molar-refractivity contribution in [2.24, 2.45) is 7.05 Å². The molecule has 2 fully saturated rings. The first-order valence-corrected chi connectivity index (χ1v) is 13.7. The molecule has 39 heavy (non-hydrogen) atoms. The highest BCUT2D eigenvalue weighted by atomic mass is 79.9. The van der Waals surface area contributed by atoms with Crippen LogP contribution in [0.5, 0.6) is 0 Å². The molecule has 2 aliphatic heterocycles. The zero-order valence-corrected chi connectivity index (χ0v) is 23.0. The molecule has 4 aromatic rings. The van der Waals surface area contributed by atoms with Crippen molar-refractivity contribution in [2.75, 3.05) is 26.3 Å². The third kappa shape index (κ3) is 4.93. The minimum absolute atomic E-state index is 0.169. The Hall–Kier alpha value is -2.96. The van der Waals surface area contributed by atoms with E-state index in [1.165, 1.54) is 16.8 Å². The average Bonchev–Trinajstić information content (AvgIpc) is 3.43. The highest BCUT2D eigenvalue weighted by molar-refractivity contribution is 9.10. The maximum Gasteiger partial charge on any atom is 0.418 e. The lowest BCUT2D eigenvalue weighted by Crippen LogP contribution is -2.49. The molecule has 2 saturated heterocycles. The molecule has 2 aliphatic rings. The van der Waals surface area contributed by atoms with Crippen LogP contribution in [0.2, 0.25) is 0 Å². The quantitative estimate of drug-likeness (QED) is 0.324. The Labute approximate surface area is 231 Å². The number of nitrogens with zero attached hydrogens (tertiary/aromatic N) is 6. The lowest BCUT2D eigenvalue weighted by Gasteiger charge is -2.42. The fourth-order valence-electron chi connectivity index (χ4n) is 5.63. The van der Waals surface area contributed by atoms with Crippen LogP contribution in [0.15, 0.2) is 52.3 Å². The van der Waals surface area contributed by atoms with Crippen LogP contribution in [-0.2, 0) is 36.3 Å². The summed E-state index contributed by atoms with van der Waals surface area (Å²) < 4.78 is 53.2. The molecule has 0 saturated carbocycles. The second-order valence-corrected chi connectivity index (χ2v) is 11.6. The van der Waals surface area contributed by atoms with Crippen molar-refractivity contribution in [3.05, 3.63) is 80.5 Å². The molecule has 0 amide bonds. The van der Waals surface area contributed by atoms with Crippen molar-refractivity contribution in [1.82, 2.24) is 28.6 Å². The van der Waals surface area contributed by atoms with Crippen molar-refractivity contribution in [2.45, 2.75) is 43.8 Å². The van der Waals surface area contributed by atoms with Gasteiger partial charge in [0.2, 0.25) is 0 Å². The number of imidazole rings is 1. The predicted molar refractivity (Wildman–Crippen MR) is 142 cm³/mol. The van der Waals surface area contributed by atoms with E-state index in [1.807, 2.05) is 23.7 Å². The van der Waals surface area contributed by atoms with Crippen molar-refractivity contribution in [3.8, 4) is 5.69 Å². The minimum atomic E-state index is -4.60. The molecular formula is C27H28BrF3N6O2. The van der Waals surface area contributed by atoms with Crippen LogP contribution in [0.4, 0.5) is 13.2 Å². The summed E-state index contributed by atoms with van der Waals surface area (Å²) in [6, 6.07) is 6.73. The topological polar surface area (TPSA) is 69.6 Å². The summed E-state index contributed by atoms with van der Waals surface area (Å²) in [5, 5.41) is 8.18. The number of benzene rings is 1. The summed E-state index contributed by atoms with van der Waals surface area (Å²) in [7, 11) is 1.87. The number of hydrogen-bond acceptors (Lipinski definition) is 5. The lowest BCUT2D eigenvalue weighted by molar-refractivity contribution is -0.136. The number of halogens is 4. The molecule has 1 aromatic carbocycles. The summed E-state index contributed by atoms with van der Waals surface area (Å²) in [5.41, 5.74) is -0.0616. The monoisotopic (exact) mass is 604 g/mol. The highest BCUT2D eigenvalue weighted by Crippen LogP contribution is 2.38. The smallest absolute Gasteiger partial charge is 0.379 e. The molecule has 8 nitrogen and oxygen atoms in total. The fraction of sp³-hybridized carbons (Fsp3) is 0.444. The number of pyridine rings is 1. The number of rotatable bonds is 6. The Balaban J connectivity index is 1.43. The maximum absolute atomic E-state index is 14.2. The number of piperidine rings is 1. The Morgan fingerprint density at radius 1 is 1.08 bits per heavy atom. The number of ether oxygens (including phenoxy) is 1. The zero-order valence-electron chi connectivity index (χ0n) is 21.4. The Bertz CT molecular complexity index is 1580. The van der Waals surface area contributed by atoms with Gasteiger partial charge < -0.3 is 9.30 Å². The van der Waals surface area contributed by atoms with E-state index >= 15 is 0 Å². The summed E-state index contributed by atoms with van der Waals surface area (Å²) in [4.78, 5) is 15.7. The Kier molecular flexibility index (Phi) is 6.67. The molecule has 0 aliphatic carbocycles. The number of aryl methyl sites for hydroxylation is 1. The first-order chi connectivity index (χ1) is 18.6. The van der Waals surface area contributed by atoms with Gasteiger partial charge in [-0.3, -0.25) is 13.9 Å². The van der Waals surface area contributed by atoms with Gasteiger partial charge in [-0.25, -0.2) is 4.79 Å². The molecule has 0 radical (unpaired) electrons. The third-order valence-corrected chi connectivity index (χ3v) is 8.27. The van der Waals surface area contributed by atoms with E-state index in [0.29, 0.717) is 41.9 Å². The lowest BCUT2D eigenvalue weighted by atomic mass is 9.75. The number of fused-ring (bicyclic) bond motifs is 1. The molecule has 5 heterocycles. The molecule has 6 rings (SSSR count). The van der Waals surface area contributed by atoms with E-state index < -0.39 is 17.4 Å². The molecule has 0 N–H and O–H groups in total. The van der Waals surface area contributed by atoms with Gasteiger partial charge in [0.05, 0.1) is 30.0 Å². The van der Waals surface area contributed by atoms with Crippen molar-refractivity contribution in [3.63, 3.8) is 0 Å². The normalized spacial score (nSPS) is 18.0. The first kappa shape index (κ1) is 26.3. The van der Waals surface area contributed by atoms with Crippen LogP contribution in [0.1, 0.15) is 41.8 Å². The van der Waals surface area contributed by atoms with E-state index in [9.17, 15) is 18.0 Å². The van der Waals surface area contributed by atoms with Gasteiger partial charge in [-0.15, -0.1) is 10.2 Å². The van der Waals surface area contributed by atoms with Crippen LogP contribution < -0.4 is 5.69 Å². The van der Waals surface area contributed by atoms with Crippen molar-refractivity contribution < 1.29 is 17.9 Å². The number of alkyl halides is 3. The zero-order chi connectivity index (χ0) is 27.4. The van der Waals surface area contributed by atoms with Crippen molar-refractivity contribution in [1.29, 1.82) is 0 Å². The molecule has 0 spiro atoms. The van der Waals surface area contributed by atoms with E-state index in [-0.39, 0.29) is 10.9 Å². The van der Waals surface area contributed by atoms with Gasteiger partial charge >= 0.3 is 11.9 Å². The highest BCUT2D eigenvalue weighted by Gasteiger charge is 2.42. The molecular weight excluding hydrogens is 577 g/mol.